The maximum atomic E-state index is 12.7. The first kappa shape index (κ1) is 17.7. The normalized spacial score (nSPS) is 24.3. The van der Waals surface area contributed by atoms with Gasteiger partial charge >= 0.3 is 0 Å². The van der Waals surface area contributed by atoms with Crippen molar-refractivity contribution in [3.8, 4) is 0 Å². The lowest BCUT2D eigenvalue weighted by Gasteiger charge is -2.33. The molecule has 2 saturated heterocycles. The minimum atomic E-state index is 0.0902. The first-order chi connectivity index (χ1) is 12.7. The highest BCUT2D eigenvalue weighted by Gasteiger charge is 2.28. The molecule has 0 radical (unpaired) electrons. The van der Waals surface area contributed by atoms with Crippen molar-refractivity contribution in [2.45, 2.75) is 63.8 Å². The van der Waals surface area contributed by atoms with Gasteiger partial charge < -0.3 is 4.90 Å². The van der Waals surface area contributed by atoms with E-state index in [-0.39, 0.29) is 17.4 Å². The molecule has 0 bridgehead atoms. The number of amides is 1. The van der Waals surface area contributed by atoms with E-state index in [0.717, 1.165) is 69.8 Å². The van der Waals surface area contributed by atoms with Crippen LogP contribution in [-0.4, -0.2) is 58.0 Å². The van der Waals surface area contributed by atoms with Crippen molar-refractivity contribution in [3.05, 3.63) is 27.9 Å². The second-order valence-electron chi connectivity index (χ2n) is 8.06. The van der Waals surface area contributed by atoms with E-state index in [4.69, 9.17) is 4.98 Å². The molecular weight excluding hydrogens is 328 g/mol. The Balaban J connectivity index is 1.47. The summed E-state index contributed by atoms with van der Waals surface area (Å²) in [6.07, 6.45) is 8.67. The molecule has 3 aliphatic heterocycles. The van der Waals surface area contributed by atoms with Crippen molar-refractivity contribution in [1.82, 2.24) is 19.4 Å². The van der Waals surface area contributed by atoms with Crippen molar-refractivity contribution in [2.75, 3.05) is 32.7 Å². The molecule has 0 saturated carbocycles. The Labute approximate surface area is 155 Å². The van der Waals surface area contributed by atoms with E-state index in [9.17, 15) is 9.59 Å². The third kappa shape index (κ3) is 3.85. The molecule has 6 heteroatoms. The van der Waals surface area contributed by atoms with Gasteiger partial charge in [0.05, 0.1) is 12.2 Å². The van der Waals surface area contributed by atoms with Crippen LogP contribution in [0, 0.1) is 0 Å². The molecular formula is C20H30N4O2. The largest absolute Gasteiger partial charge is 0.341 e. The average molecular weight is 358 g/mol. The molecule has 2 fully saturated rings. The summed E-state index contributed by atoms with van der Waals surface area (Å²) in [7, 11) is 0. The topological polar surface area (TPSA) is 58.4 Å². The van der Waals surface area contributed by atoms with E-state index < -0.39 is 0 Å². The molecule has 1 atom stereocenters. The number of hydrogen-bond donors (Lipinski definition) is 0. The van der Waals surface area contributed by atoms with E-state index in [1.54, 1.807) is 6.07 Å². The highest BCUT2D eigenvalue weighted by Crippen LogP contribution is 2.26. The zero-order chi connectivity index (χ0) is 17.9. The number of likely N-dealkylation sites (tertiary alicyclic amines) is 2. The molecule has 142 valence electrons. The van der Waals surface area contributed by atoms with Crippen LogP contribution in [-0.2, 0) is 17.8 Å². The first-order valence-electron chi connectivity index (χ1n) is 10.3. The SMILES string of the molecule is O=C(CN1CCCC1)N1CCC[C@@H](c2cc(=O)n3c(n2)CCCCC3)C1. The van der Waals surface area contributed by atoms with Crippen LogP contribution in [0.3, 0.4) is 0 Å². The summed E-state index contributed by atoms with van der Waals surface area (Å²) in [5.41, 5.74) is 0.995. The van der Waals surface area contributed by atoms with Gasteiger partial charge in [0.1, 0.15) is 5.82 Å². The number of carbonyl (C=O) groups is 1. The van der Waals surface area contributed by atoms with E-state index in [0.29, 0.717) is 13.1 Å². The van der Waals surface area contributed by atoms with Gasteiger partial charge in [0, 0.05) is 38.0 Å². The average Bonchev–Trinajstić information content (AvgIpc) is 3.04. The molecule has 6 nitrogen and oxygen atoms in total. The molecule has 0 aromatic carbocycles. The smallest absolute Gasteiger partial charge is 0.253 e. The number of hydrogen-bond acceptors (Lipinski definition) is 4. The van der Waals surface area contributed by atoms with Crippen LogP contribution >= 0.6 is 0 Å². The van der Waals surface area contributed by atoms with Crippen molar-refractivity contribution < 1.29 is 4.79 Å². The lowest BCUT2D eigenvalue weighted by molar-refractivity contribution is -0.133. The quantitative estimate of drug-likeness (QED) is 0.826. The van der Waals surface area contributed by atoms with Gasteiger partial charge in [0.25, 0.3) is 5.56 Å². The van der Waals surface area contributed by atoms with Gasteiger partial charge in [-0.2, -0.15) is 0 Å². The van der Waals surface area contributed by atoms with Gasteiger partial charge in [-0.15, -0.1) is 0 Å². The molecule has 4 heterocycles. The van der Waals surface area contributed by atoms with Crippen LogP contribution in [0.15, 0.2) is 10.9 Å². The standard InChI is InChI=1S/C20H30N4O2/c25-19-13-17(21-18-8-2-1-3-12-24(18)19)16-7-6-11-23(14-16)20(26)15-22-9-4-5-10-22/h13,16H,1-12,14-15H2/t16-/m1/s1. The number of aryl methyl sites for hydroxylation is 1. The summed E-state index contributed by atoms with van der Waals surface area (Å²) in [5.74, 6) is 1.39. The Kier molecular flexibility index (Phi) is 5.38. The molecule has 26 heavy (non-hydrogen) atoms. The summed E-state index contributed by atoms with van der Waals surface area (Å²) < 4.78 is 1.86. The maximum Gasteiger partial charge on any atom is 0.253 e. The molecule has 3 aliphatic rings. The summed E-state index contributed by atoms with van der Waals surface area (Å²) in [6, 6.07) is 1.73. The fraction of sp³-hybridized carbons (Fsp3) is 0.750. The molecule has 1 aromatic heterocycles. The Hall–Kier alpha value is -1.69. The van der Waals surface area contributed by atoms with Crippen molar-refractivity contribution in [2.24, 2.45) is 0 Å². The zero-order valence-corrected chi connectivity index (χ0v) is 15.7. The summed E-state index contributed by atoms with van der Waals surface area (Å²) in [4.78, 5) is 34.4. The fourth-order valence-corrected chi connectivity index (χ4v) is 4.62. The van der Waals surface area contributed by atoms with E-state index in [1.807, 2.05) is 9.47 Å². The summed E-state index contributed by atoms with van der Waals surface area (Å²) in [5, 5.41) is 0. The Morgan fingerprint density at radius 2 is 1.85 bits per heavy atom. The second kappa shape index (κ2) is 7.91. The molecule has 1 aromatic rings. The highest BCUT2D eigenvalue weighted by molar-refractivity contribution is 5.78. The number of carbonyl (C=O) groups excluding carboxylic acids is 1. The third-order valence-corrected chi connectivity index (χ3v) is 6.14. The molecule has 0 unspecified atom stereocenters. The zero-order valence-electron chi connectivity index (χ0n) is 15.7. The van der Waals surface area contributed by atoms with Crippen LogP contribution in [0.1, 0.15) is 62.4 Å². The van der Waals surface area contributed by atoms with Gasteiger partial charge in [0.15, 0.2) is 0 Å². The number of aromatic nitrogens is 2. The van der Waals surface area contributed by atoms with Crippen molar-refractivity contribution >= 4 is 5.91 Å². The summed E-state index contributed by atoms with van der Waals surface area (Å²) >= 11 is 0. The lowest BCUT2D eigenvalue weighted by Crippen LogP contribution is -2.44. The van der Waals surface area contributed by atoms with Crippen LogP contribution in [0.4, 0.5) is 0 Å². The van der Waals surface area contributed by atoms with Gasteiger partial charge in [-0.25, -0.2) is 4.98 Å². The van der Waals surface area contributed by atoms with E-state index in [2.05, 4.69) is 4.90 Å². The fourth-order valence-electron chi connectivity index (χ4n) is 4.62. The minimum Gasteiger partial charge on any atom is -0.341 e. The van der Waals surface area contributed by atoms with Crippen LogP contribution in [0.5, 0.6) is 0 Å². The molecule has 4 rings (SSSR count). The first-order valence-corrected chi connectivity index (χ1v) is 10.3. The number of piperidine rings is 1. The Bertz CT molecular complexity index is 708. The second-order valence-corrected chi connectivity index (χ2v) is 8.06. The predicted molar refractivity (Wildman–Crippen MR) is 100 cm³/mol. The highest BCUT2D eigenvalue weighted by atomic mass is 16.2. The lowest BCUT2D eigenvalue weighted by atomic mass is 9.94. The monoisotopic (exact) mass is 358 g/mol. The molecule has 0 spiro atoms. The van der Waals surface area contributed by atoms with Crippen molar-refractivity contribution in [1.29, 1.82) is 0 Å². The maximum absolute atomic E-state index is 12.7. The van der Waals surface area contributed by atoms with Gasteiger partial charge in [0.2, 0.25) is 5.91 Å². The van der Waals surface area contributed by atoms with Crippen LogP contribution in [0.25, 0.3) is 0 Å². The van der Waals surface area contributed by atoms with Crippen LogP contribution in [0.2, 0.25) is 0 Å². The van der Waals surface area contributed by atoms with Gasteiger partial charge in [-0.05, 0) is 51.6 Å². The third-order valence-electron chi connectivity index (χ3n) is 6.14. The van der Waals surface area contributed by atoms with Gasteiger partial charge in [-0.1, -0.05) is 6.42 Å². The minimum absolute atomic E-state index is 0.0902. The van der Waals surface area contributed by atoms with E-state index >= 15 is 0 Å². The van der Waals surface area contributed by atoms with E-state index in [1.165, 1.54) is 19.3 Å². The number of nitrogens with zero attached hydrogens (tertiary/aromatic N) is 4. The van der Waals surface area contributed by atoms with Gasteiger partial charge in [-0.3, -0.25) is 19.1 Å². The Morgan fingerprint density at radius 3 is 2.69 bits per heavy atom. The summed E-state index contributed by atoms with van der Waals surface area (Å²) in [6.45, 7) is 4.99. The molecule has 1 amide bonds. The number of rotatable bonds is 3. The number of fused-ring (bicyclic) bond motifs is 1. The Morgan fingerprint density at radius 1 is 1.04 bits per heavy atom. The molecule has 0 aliphatic carbocycles. The molecule has 0 N–H and O–H groups in total. The van der Waals surface area contributed by atoms with Crippen LogP contribution < -0.4 is 5.56 Å². The van der Waals surface area contributed by atoms with Crippen molar-refractivity contribution in [3.63, 3.8) is 0 Å². The predicted octanol–water partition coefficient (Wildman–Crippen LogP) is 1.77.